The van der Waals surface area contributed by atoms with Crippen molar-refractivity contribution in [2.75, 3.05) is 0 Å². The van der Waals surface area contributed by atoms with E-state index in [4.69, 9.17) is 0 Å². The van der Waals surface area contributed by atoms with Crippen LogP contribution in [0, 0.1) is 0 Å². The maximum Gasteiger partial charge on any atom is 0.345 e. The second-order valence-electron chi connectivity index (χ2n) is 2.00. The van der Waals surface area contributed by atoms with Crippen LogP contribution < -0.4 is 0 Å². The smallest absolute Gasteiger partial charge is 0.345 e. The van der Waals surface area contributed by atoms with Gasteiger partial charge in [0.2, 0.25) is 0 Å². The molecule has 0 amide bonds. The molecule has 48 valence electrons. The molecule has 0 aromatic heterocycles. The Labute approximate surface area is 52.3 Å². The SMILES string of the molecule is CC1CC(=C=O)C(=O)O1. The first-order chi connectivity index (χ1) is 4.24. The van der Waals surface area contributed by atoms with Crippen LogP contribution in [-0.2, 0) is 14.3 Å². The topological polar surface area (TPSA) is 43.4 Å². The van der Waals surface area contributed by atoms with E-state index in [1.165, 1.54) is 5.94 Å². The van der Waals surface area contributed by atoms with Crippen molar-refractivity contribution < 1.29 is 14.3 Å². The number of esters is 1. The largest absolute Gasteiger partial charge is 0.458 e. The van der Waals surface area contributed by atoms with Crippen LogP contribution in [0.5, 0.6) is 0 Å². The fraction of sp³-hybridized carbons (Fsp3) is 0.500. The number of ether oxygens (including phenoxy) is 1. The van der Waals surface area contributed by atoms with Crippen LogP contribution in [-0.4, -0.2) is 18.0 Å². The molecule has 0 spiro atoms. The fourth-order valence-electron chi connectivity index (χ4n) is 0.750. The molecular weight excluding hydrogens is 120 g/mol. The highest BCUT2D eigenvalue weighted by Gasteiger charge is 2.26. The lowest BCUT2D eigenvalue weighted by molar-refractivity contribution is -0.138. The Bertz CT molecular complexity index is 188. The number of cyclic esters (lactones) is 1. The monoisotopic (exact) mass is 126 g/mol. The van der Waals surface area contributed by atoms with E-state index in [0.717, 1.165) is 0 Å². The van der Waals surface area contributed by atoms with Gasteiger partial charge >= 0.3 is 5.97 Å². The van der Waals surface area contributed by atoms with Crippen LogP contribution >= 0.6 is 0 Å². The van der Waals surface area contributed by atoms with Crippen molar-refractivity contribution in [3.05, 3.63) is 5.57 Å². The third kappa shape index (κ3) is 1.00. The molecule has 1 aliphatic heterocycles. The van der Waals surface area contributed by atoms with E-state index in [9.17, 15) is 9.59 Å². The third-order valence-corrected chi connectivity index (χ3v) is 1.17. The van der Waals surface area contributed by atoms with Crippen LogP contribution in [0.2, 0.25) is 0 Å². The Morgan fingerprint density at radius 3 is 2.67 bits per heavy atom. The summed E-state index contributed by atoms with van der Waals surface area (Å²) in [5.74, 6) is 1.02. The van der Waals surface area contributed by atoms with Crippen LogP contribution in [0.1, 0.15) is 13.3 Å². The van der Waals surface area contributed by atoms with Gasteiger partial charge in [-0.2, -0.15) is 0 Å². The van der Waals surface area contributed by atoms with E-state index >= 15 is 0 Å². The van der Waals surface area contributed by atoms with Crippen LogP contribution in [0.25, 0.3) is 0 Å². The molecule has 0 N–H and O–H groups in total. The molecule has 0 aromatic rings. The summed E-state index contributed by atoms with van der Waals surface area (Å²) in [4.78, 5) is 20.4. The molecule has 0 aliphatic carbocycles. The number of carbonyl (C=O) groups is 1. The molecule has 1 heterocycles. The van der Waals surface area contributed by atoms with Crippen molar-refractivity contribution >= 4 is 11.9 Å². The van der Waals surface area contributed by atoms with Crippen molar-refractivity contribution in [3.63, 3.8) is 0 Å². The summed E-state index contributed by atoms with van der Waals surface area (Å²) < 4.78 is 4.63. The summed E-state index contributed by atoms with van der Waals surface area (Å²) in [6, 6.07) is 0. The molecule has 3 nitrogen and oxygen atoms in total. The van der Waals surface area contributed by atoms with Crippen LogP contribution in [0.4, 0.5) is 0 Å². The van der Waals surface area contributed by atoms with Crippen LogP contribution in [0.15, 0.2) is 5.57 Å². The summed E-state index contributed by atoms with van der Waals surface area (Å²) >= 11 is 0. The second-order valence-corrected chi connectivity index (χ2v) is 2.00. The predicted octanol–water partition coefficient (Wildman–Crippen LogP) is 0.0798. The van der Waals surface area contributed by atoms with Crippen molar-refractivity contribution in [1.29, 1.82) is 0 Å². The molecule has 0 saturated carbocycles. The Morgan fingerprint density at radius 2 is 2.44 bits per heavy atom. The lowest BCUT2D eigenvalue weighted by Gasteiger charge is -1.94. The van der Waals surface area contributed by atoms with Gasteiger partial charge in [-0.1, -0.05) is 0 Å². The van der Waals surface area contributed by atoms with Gasteiger partial charge in [-0.3, -0.25) is 0 Å². The summed E-state index contributed by atoms with van der Waals surface area (Å²) in [5.41, 5.74) is 0.127. The van der Waals surface area contributed by atoms with Crippen molar-refractivity contribution in [2.45, 2.75) is 19.4 Å². The van der Waals surface area contributed by atoms with Crippen molar-refractivity contribution in [2.24, 2.45) is 0 Å². The fourth-order valence-corrected chi connectivity index (χ4v) is 0.750. The standard InChI is InChI=1S/C6H6O3/c1-4-2-5(3-7)6(8)9-4/h4H,2H2,1H3. The van der Waals surface area contributed by atoms with Crippen molar-refractivity contribution in [3.8, 4) is 0 Å². The molecule has 3 heteroatoms. The van der Waals surface area contributed by atoms with Gasteiger partial charge in [0.25, 0.3) is 0 Å². The summed E-state index contributed by atoms with van der Waals surface area (Å²) in [6.07, 6.45) is 0.261. The van der Waals surface area contributed by atoms with E-state index in [2.05, 4.69) is 4.74 Å². The Balaban J connectivity index is 2.81. The predicted molar refractivity (Wildman–Crippen MR) is 29.4 cm³/mol. The summed E-state index contributed by atoms with van der Waals surface area (Å²) in [6.45, 7) is 1.74. The molecule has 0 radical (unpaired) electrons. The Hall–Kier alpha value is -1.08. The summed E-state index contributed by atoms with van der Waals surface area (Å²) in [5, 5.41) is 0. The molecule has 1 aliphatic rings. The maximum atomic E-state index is 10.5. The molecule has 1 rings (SSSR count). The van der Waals surface area contributed by atoms with E-state index in [1.54, 1.807) is 6.92 Å². The molecule has 0 bridgehead atoms. The van der Waals surface area contributed by atoms with E-state index < -0.39 is 5.97 Å². The quantitative estimate of drug-likeness (QED) is 0.262. The van der Waals surface area contributed by atoms with Crippen molar-refractivity contribution in [1.82, 2.24) is 0 Å². The first-order valence-corrected chi connectivity index (χ1v) is 2.69. The minimum atomic E-state index is -0.516. The zero-order valence-corrected chi connectivity index (χ0v) is 5.01. The van der Waals surface area contributed by atoms with Gasteiger partial charge in [-0.05, 0) is 6.92 Å². The lowest BCUT2D eigenvalue weighted by atomic mass is 10.2. The molecule has 1 atom stereocenters. The molecule has 1 fully saturated rings. The number of rotatable bonds is 0. The van der Waals surface area contributed by atoms with E-state index in [-0.39, 0.29) is 11.7 Å². The average molecular weight is 126 g/mol. The molecular formula is C6H6O3. The lowest BCUT2D eigenvalue weighted by Crippen LogP contribution is -1.99. The zero-order chi connectivity index (χ0) is 6.85. The minimum Gasteiger partial charge on any atom is -0.458 e. The first-order valence-electron chi connectivity index (χ1n) is 2.69. The number of hydrogen-bond acceptors (Lipinski definition) is 3. The van der Waals surface area contributed by atoms with E-state index in [1.807, 2.05) is 0 Å². The number of carbonyl (C=O) groups excluding carboxylic acids is 2. The first kappa shape index (κ1) is 6.05. The van der Waals surface area contributed by atoms with Gasteiger partial charge in [0.05, 0.1) is 0 Å². The van der Waals surface area contributed by atoms with E-state index in [0.29, 0.717) is 6.42 Å². The molecule has 1 unspecified atom stereocenters. The zero-order valence-electron chi connectivity index (χ0n) is 5.01. The summed E-state index contributed by atoms with van der Waals surface area (Å²) in [7, 11) is 0. The van der Waals surface area contributed by atoms with Gasteiger partial charge in [-0.25, -0.2) is 9.59 Å². The second kappa shape index (κ2) is 2.03. The van der Waals surface area contributed by atoms with Crippen LogP contribution in [0.3, 0.4) is 0 Å². The third-order valence-electron chi connectivity index (χ3n) is 1.17. The Morgan fingerprint density at radius 1 is 1.78 bits per heavy atom. The van der Waals surface area contributed by atoms with Gasteiger partial charge < -0.3 is 4.74 Å². The highest BCUT2D eigenvalue weighted by molar-refractivity contribution is 5.98. The van der Waals surface area contributed by atoms with Gasteiger partial charge in [0, 0.05) is 6.42 Å². The molecule has 9 heavy (non-hydrogen) atoms. The average Bonchev–Trinajstić information content (AvgIpc) is 2.10. The molecule has 0 aromatic carbocycles. The van der Waals surface area contributed by atoms with Gasteiger partial charge in [0.15, 0.2) is 0 Å². The minimum absolute atomic E-state index is 0.127. The highest BCUT2D eigenvalue weighted by atomic mass is 16.5. The normalized spacial score (nSPS) is 25.7. The Kier molecular flexibility index (Phi) is 1.37. The maximum absolute atomic E-state index is 10.5. The van der Waals surface area contributed by atoms with Gasteiger partial charge in [-0.15, -0.1) is 0 Å². The molecule has 1 saturated heterocycles. The number of hydrogen-bond donors (Lipinski definition) is 0. The highest BCUT2D eigenvalue weighted by Crippen LogP contribution is 2.16. The van der Waals surface area contributed by atoms with Gasteiger partial charge in [0.1, 0.15) is 17.6 Å².